The fourth-order valence-corrected chi connectivity index (χ4v) is 6.13. The normalized spacial score (nSPS) is 16.4. The number of sulfonamides is 1. The lowest BCUT2D eigenvalue weighted by Gasteiger charge is -2.22. The number of aromatic nitrogens is 1. The van der Waals surface area contributed by atoms with Crippen molar-refractivity contribution in [2.24, 2.45) is 5.41 Å². The number of fused-ring (bicyclic) bond motifs is 1. The molecule has 0 spiro atoms. The molecule has 0 radical (unpaired) electrons. The van der Waals surface area contributed by atoms with E-state index in [9.17, 15) is 34.8 Å². The Morgan fingerprint density at radius 2 is 1.65 bits per heavy atom. The van der Waals surface area contributed by atoms with Crippen molar-refractivity contribution in [1.82, 2.24) is 9.29 Å². The first kappa shape index (κ1) is 27.8. The van der Waals surface area contributed by atoms with Gasteiger partial charge in [0.05, 0.1) is 10.8 Å². The monoisotopic (exact) mass is 566 g/mol. The molecule has 3 aromatic rings. The molecule has 0 saturated heterocycles. The summed E-state index contributed by atoms with van der Waals surface area (Å²) >= 11 is 6.39. The van der Waals surface area contributed by atoms with E-state index in [1.165, 1.54) is 41.1 Å². The molecule has 37 heavy (non-hydrogen) atoms. The van der Waals surface area contributed by atoms with Crippen LogP contribution in [0.1, 0.15) is 50.8 Å². The molecular formula is C25H25ClF6N2O2S. The Balaban J connectivity index is 1.97. The maximum Gasteiger partial charge on any atom is 0.417 e. The largest absolute Gasteiger partial charge is 0.417 e. The van der Waals surface area contributed by atoms with Gasteiger partial charge in [-0.2, -0.15) is 31.1 Å². The van der Waals surface area contributed by atoms with Gasteiger partial charge in [-0.25, -0.2) is 8.42 Å². The highest BCUT2D eigenvalue weighted by molar-refractivity contribution is 7.90. The zero-order valence-electron chi connectivity index (χ0n) is 20.1. The number of hydrogen-bond donors (Lipinski definition) is 1. The standard InChI is InChI=1S/C25H25ClF6N2O2S/c1-23(2,3)13-34-12-18(22(25(30,31)32)33-37(35,36)14-8-9-14)17-10-20(26)16(11-21(17)34)15-6-4-5-7-19(15)24(27,28)29/h4-7,10-12,14,22,33H,8-9,13H2,1-3H3/t22-/m0/s1. The highest BCUT2D eigenvalue weighted by Crippen LogP contribution is 2.45. The number of nitrogens with zero attached hydrogens (tertiary/aromatic N) is 1. The maximum atomic E-state index is 14.2. The Bertz CT molecular complexity index is 1430. The summed E-state index contributed by atoms with van der Waals surface area (Å²) < 4.78 is 112. The molecule has 1 aromatic heterocycles. The predicted molar refractivity (Wildman–Crippen MR) is 131 cm³/mol. The van der Waals surface area contributed by atoms with Crippen LogP contribution in [-0.2, 0) is 22.7 Å². The lowest BCUT2D eigenvalue weighted by molar-refractivity contribution is -0.152. The zero-order chi connectivity index (χ0) is 27.6. The van der Waals surface area contributed by atoms with E-state index in [-0.39, 0.29) is 52.0 Å². The Morgan fingerprint density at radius 1 is 1.03 bits per heavy atom. The van der Waals surface area contributed by atoms with Crippen LogP contribution in [0, 0.1) is 5.41 Å². The van der Waals surface area contributed by atoms with Gasteiger partial charge in [0, 0.05) is 39.8 Å². The van der Waals surface area contributed by atoms with Crippen LogP contribution < -0.4 is 4.72 Å². The van der Waals surface area contributed by atoms with E-state index < -0.39 is 44.6 Å². The van der Waals surface area contributed by atoms with Crippen LogP contribution in [0.3, 0.4) is 0 Å². The van der Waals surface area contributed by atoms with E-state index in [1.807, 2.05) is 25.5 Å². The van der Waals surface area contributed by atoms with Crippen molar-refractivity contribution in [2.45, 2.75) is 63.8 Å². The Labute approximate surface area is 215 Å². The maximum absolute atomic E-state index is 14.2. The van der Waals surface area contributed by atoms with Gasteiger partial charge in [-0.05, 0) is 42.0 Å². The summed E-state index contributed by atoms with van der Waals surface area (Å²) in [5.74, 6) is 0. The molecule has 4 rings (SSSR count). The Kier molecular flexibility index (Phi) is 6.91. The number of nitrogens with one attached hydrogen (secondary N) is 1. The van der Waals surface area contributed by atoms with Crippen molar-refractivity contribution in [2.75, 3.05) is 0 Å². The molecule has 1 N–H and O–H groups in total. The smallest absolute Gasteiger partial charge is 0.347 e. The minimum atomic E-state index is -4.98. The SMILES string of the molecule is CC(C)(C)Cn1cc([C@H](NS(=O)(=O)C2CC2)C(F)(F)F)c2cc(Cl)c(-c3ccccc3C(F)(F)F)cc21. The molecule has 1 heterocycles. The fourth-order valence-electron chi connectivity index (χ4n) is 4.33. The van der Waals surface area contributed by atoms with E-state index in [0.717, 1.165) is 6.07 Å². The molecule has 0 aliphatic heterocycles. The van der Waals surface area contributed by atoms with Crippen molar-refractivity contribution in [3.8, 4) is 11.1 Å². The minimum Gasteiger partial charge on any atom is -0.347 e. The fraction of sp³-hybridized carbons (Fsp3) is 0.440. The van der Waals surface area contributed by atoms with Crippen molar-refractivity contribution in [3.05, 3.63) is 58.7 Å². The van der Waals surface area contributed by atoms with Crippen LogP contribution in [0.25, 0.3) is 22.0 Å². The lowest BCUT2D eigenvalue weighted by Crippen LogP contribution is -2.39. The number of benzene rings is 2. The summed E-state index contributed by atoms with van der Waals surface area (Å²) in [5.41, 5.74) is -1.73. The summed E-state index contributed by atoms with van der Waals surface area (Å²) in [7, 11) is -4.23. The van der Waals surface area contributed by atoms with Crippen molar-refractivity contribution < 1.29 is 34.8 Å². The second kappa shape index (κ2) is 9.20. The molecule has 0 unspecified atom stereocenters. The van der Waals surface area contributed by atoms with E-state index in [0.29, 0.717) is 0 Å². The van der Waals surface area contributed by atoms with Crippen LogP contribution in [0.2, 0.25) is 5.02 Å². The lowest BCUT2D eigenvalue weighted by atomic mass is 9.96. The van der Waals surface area contributed by atoms with Gasteiger partial charge in [-0.3, -0.25) is 0 Å². The van der Waals surface area contributed by atoms with Crippen LogP contribution in [0.5, 0.6) is 0 Å². The highest BCUT2D eigenvalue weighted by Gasteiger charge is 2.48. The second-order valence-corrected chi connectivity index (χ2v) is 12.9. The third-order valence-corrected chi connectivity index (χ3v) is 8.28. The van der Waals surface area contributed by atoms with E-state index in [2.05, 4.69) is 0 Å². The molecule has 0 amide bonds. The molecule has 1 fully saturated rings. The van der Waals surface area contributed by atoms with Crippen molar-refractivity contribution >= 4 is 32.5 Å². The molecule has 1 aliphatic rings. The average Bonchev–Trinajstić information content (AvgIpc) is 3.55. The summed E-state index contributed by atoms with van der Waals surface area (Å²) in [5, 5.41) is -1.07. The van der Waals surface area contributed by atoms with Crippen molar-refractivity contribution in [3.63, 3.8) is 0 Å². The number of alkyl halides is 6. The third-order valence-electron chi connectivity index (χ3n) is 6.05. The van der Waals surface area contributed by atoms with Gasteiger partial charge >= 0.3 is 12.4 Å². The van der Waals surface area contributed by atoms with Crippen LogP contribution >= 0.6 is 11.6 Å². The molecule has 4 nitrogen and oxygen atoms in total. The van der Waals surface area contributed by atoms with E-state index >= 15 is 0 Å². The van der Waals surface area contributed by atoms with Crippen LogP contribution in [0.4, 0.5) is 26.3 Å². The second-order valence-electron chi connectivity index (χ2n) is 10.5. The number of hydrogen-bond acceptors (Lipinski definition) is 2. The molecule has 1 saturated carbocycles. The van der Waals surface area contributed by atoms with Crippen LogP contribution in [-0.4, -0.2) is 24.4 Å². The molecule has 202 valence electrons. The summed E-state index contributed by atoms with van der Waals surface area (Å²) in [4.78, 5) is 0. The average molecular weight is 567 g/mol. The van der Waals surface area contributed by atoms with Gasteiger partial charge < -0.3 is 4.57 Å². The van der Waals surface area contributed by atoms with E-state index in [4.69, 9.17) is 11.6 Å². The molecule has 2 aromatic carbocycles. The minimum absolute atomic E-state index is 0.00307. The van der Waals surface area contributed by atoms with Gasteiger partial charge in [-0.15, -0.1) is 0 Å². The van der Waals surface area contributed by atoms with Crippen molar-refractivity contribution in [1.29, 1.82) is 0 Å². The van der Waals surface area contributed by atoms with Crippen LogP contribution in [0.15, 0.2) is 42.6 Å². The first-order chi connectivity index (χ1) is 16.9. The first-order valence-electron chi connectivity index (χ1n) is 11.5. The molecule has 1 aliphatic carbocycles. The zero-order valence-corrected chi connectivity index (χ0v) is 21.7. The van der Waals surface area contributed by atoms with Gasteiger partial charge in [0.15, 0.2) is 0 Å². The summed E-state index contributed by atoms with van der Waals surface area (Å²) in [6.07, 6.45) is -7.90. The summed E-state index contributed by atoms with van der Waals surface area (Å²) in [6, 6.07) is 4.76. The predicted octanol–water partition coefficient (Wildman–Crippen LogP) is 7.71. The third kappa shape index (κ3) is 5.93. The molecule has 12 heteroatoms. The summed E-state index contributed by atoms with van der Waals surface area (Å²) in [6.45, 7) is 5.77. The van der Waals surface area contributed by atoms with Gasteiger partial charge in [0.25, 0.3) is 0 Å². The first-order valence-corrected chi connectivity index (χ1v) is 13.4. The Morgan fingerprint density at radius 3 is 2.19 bits per heavy atom. The van der Waals surface area contributed by atoms with Gasteiger partial charge in [-0.1, -0.05) is 50.6 Å². The molecule has 0 bridgehead atoms. The Hall–Kier alpha value is -2.24. The number of rotatable bonds is 6. The highest BCUT2D eigenvalue weighted by atomic mass is 35.5. The van der Waals surface area contributed by atoms with E-state index in [1.54, 1.807) is 0 Å². The van der Waals surface area contributed by atoms with Gasteiger partial charge in [0.2, 0.25) is 10.0 Å². The van der Waals surface area contributed by atoms with Gasteiger partial charge in [0.1, 0.15) is 6.04 Å². The topological polar surface area (TPSA) is 51.1 Å². The molecular weight excluding hydrogens is 542 g/mol. The number of halogens is 7. The quantitative estimate of drug-likeness (QED) is 0.311. The molecule has 1 atom stereocenters.